The molecule has 1 fully saturated rings. The van der Waals surface area contributed by atoms with Crippen LogP contribution in [-0.2, 0) is 6.61 Å². The Kier molecular flexibility index (Phi) is 6.68. The number of carbonyl (C=O) groups is 1. The zero-order valence-electron chi connectivity index (χ0n) is 22.7. The molecule has 9 nitrogen and oxygen atoms in total. The molecule has 0 aliphatic heterocycles. The van der Waals surface area contributed by atoms with Crippen LogP contribution in [0.1, 0.15) is 46.7 Å². The largest absolute Gasteiger partial charge is 0.497 e. The van der Waals surface area contributed by atoms with Crippen molar-refractivity contribution in [3.05, 3.63) is 64.2 Å². The molecule has 0 saturated heterocycles. The van der Waals surface area contributed by atoms with Gasteiger partial charge in [0.25, 0.3) is 5.91 Å². The third-order valence-electron chi connectivity index (χ3n) is 7.00. The molecular weight excluding hydrogens is 577 g/mol. The third-order valence-corrected chi connectivity index (χ3v) is 10.1. The zero-order valence-corrected chi connectivity index (χ0v) is 25.1. The van der Waals surface area contributed by atoms with E-state index in [9.17, 15) is 4.79 Å². The Morgan fingerprint density at radius 3 is 2.66 bits per heavy atom. The van der Waals surface area contributed by atoms with Crippen LogP contribution in [-0.4, -0.2) is 56.1 Å². The Balaban J connectivity index is 1.10. The van der Waals surface area contributed by atoms with Gasteiger partial charge >= 0.3 is 0 Å². The summed E-state index contributed by atoms with van der Waals surface area (Å²) >= 11 is 4.75. The Hall–Kier alpha value is -3.87. The van der Waals surface area contributed by atoms with E-state index in [0.29, 0.717) is 36.1 Å². The van der Waals surface area contributed by atoms with Crippen LogP contribution in [0.2, 0.25) is 0 Å². The minimum absolute atomic E-state index is 0.00947. The SMILES string of the molecule is CCN(C)C(=O)c1ccc(-c2nc(COc3cc(OC)cc4nc(-c5cn6nc(C7CC7)sc6n5)sc34)cs2)cc1. The second-order valence-corrected chi connectivity index (χ2v) is 12.7. The predicted molar refractivity (Wildman–Crippen MR) is 163 cm³/mol. The molecule has 41 heavy (non-hydrogen) atoms. The summed E-state index contributed by atoms with van der Waals surface area (Å²) in [6.07, 6.45) is 4.40. The van der Waals surface area contributed by atoms with Crippen molar-refractivity contribution in [2.75, 3.05) is 20.7 Å². The molecule has 208 valence electrons. The van der Waals surface area contributed by atoms with Gasteiger partial charge in [-0.2, -0.15) is 5.10 Å². The van der Waals surface area contributed by atoms with Crippen LogP contribution >= 0.6 is 34.0 Å². The van der Waals surface area contributed by atoms with Crippen molar-refractivity contribution in [2.45, 2.75) is 32.3 Å². The van der Waals surface area contributed by atoms with Gasteiger partial charge in [0, 0.05) is 48.2 Å². The molecule has 1 aliphatic rings. The Morgan fingerprint density at radius 1 is 1.10 bits per heavy atom. The summed E-state index contributed by atoms with van der Waals surface area (Å²) < 4.78 is 14.6. The summed E-state index contributed by atoms with van der Waals surface area (Å²) in [5, 5.41) is 9.56. The zero-order chi connectivity index (χ0) is 28.1. The van der Waals surface area contributed by atoms with Crippen molar-refractivity contribution >= 4 is 55.1 Å². The van der Waals surface area contributed by atoms with Crippen LogP contribution in [0, 0.1) is 0 Å². The highest BCUT2D eigenvalue weighted by Crippen LogP contribution is 2.43. The number of aromatic nitrogens is 5. The fourth-order valence-electron chi connectivity index (χ4n) is 4.40. The number of carbonyl (C=O) groups excluding carboxylic acids is 1. The van der Waals surface area contributed by atoms with Gasteiger partial charge in [0.05, 0.1) is 29.2 Å². The van der Waals surface area contributed by atoms with E-state index in [-0.39, 0.29) is 5.91 Å². The lowest BCUT2D eigenvalue weighted by Crippen LogP contribution is -2.26. The summed E-state index contributed by atoms with van der Waals surface area (Å²) in [6, 6.07) is 11.4. The molecule has 6 aromatic rings. The minimum atomic E-state index is 0.00947. The number of hydrogen-bond donors (Lipinski definition) is 0. The van der Waals surface area contributed by atoms with E-state index in [1.54, 1.807) is 53.1 Å². The summed E-state index contributed by atoms with van der Waals surface area (Å²) in [5.74, 6) is 1.98. The topological polar surface area (TPSA) is 94.7 Å². The van der Waals surface area contributed by atoms with Crippen LogP contribution in [0.25, 0.3) is 36.5 Å². The number of ether oxygens (including phenoxy) is 2. The van der Waals surface area contributed by atoms with Crippen molar-refractivity contribution in [1.29, 1.82) is 0 Å². The number of imidazole rings is 1. The average Bonchev–Trinajstić information content (AvgIpc) is 3.32. The number of hydrogen-bond acceptors (Lipinski definition) is 10. The van der Waals surface area contributed by atoms with Gasteiger partial charge in [-0.25, -0.2) is 19.5 Å². The lowest BCUT2D eigenvalue weighted by atomic mass is 10.1. The van der Waals surface area contributed by atoms with E-state index in [0.717, 1.165) is 42.1 Å². The van der Waals surface area contributed by atoms with E-state index >= 15 is 0 Å². The van der Waals surface area contributed by atoms with E-state index in [2.05, 4.69) is 0 Å². The first-order valence-electron chi connectivity index (χ1n) is 13.3. The summed E-state index contributed by atoms with van der Waals surface area (Å²) in [6.45, 7) is 2.93. The van der Waals surface area contributed by atoms with Gasteiger partial charge in [-0.05, 0) is 31.9 Å². The fourth-order valence-corrected chi connectivity index (χ4v) is 7.23. The van der Waals surface area contributed by atoms with Crippen molar-refractivity contribution in [3.8, 4) is 32.8 Å². The van der Waals surface area contributed by atoms with Crippen molar-refractivity contribution in [2.24, 2.45) is 0 Å². The van der Waals surface area contributed by atoms with Crippen LogP contribution in [0.4, 0.5) is 0 Å². The molecule has 0 unspecified atom stereocenters. The van der Waals surface area contributed by atoms with Crippen molar-refractivity contribution in [3.63, 3.8) is 0 Å². The number of nitrogens with zero attached hydrogens (tertiary/aromatic N) is 6. The molecule has 0 atom stereocenters. The first kappa shape index (κ1) is 26.1. The second kappa shape index (κ2) is 10.5. The van der Waals surface area contributed by atoms with Crippen LogP contribution < -0.4 is 9.47 Å². The van der Waals surface area contributed by atoms with Gasteiger partial charge in [-0.3, -0.25) is 4.79 Å². The van der Waals surface area contributed by atoms with E-state index < -0.39 is 0 Å². The highest BCUT2D eigenvalue weighted by Gasteiger charge is 2.28. The molecule has 2 aromatic carbocycles. The summed E-state index contributed by atoms with van der Waals surface area (Å²) in [7, 11) is 3.44. The maximum Gasteiger partial charge on any atom is 0.253 e. The quantitative estimate of drug-likeness (QED) is 0.181. The number of amides is 1. The standard InChI is InChI=1S/C29H26N6O3S3/c1-4-34(2)28(36)18-9-7-16(8-10-18)25-30-19(15-39-25)14-38-23-12-20(37-3)11-21-24(23)40-27(31-21)22-13-35-29(32-22)41-26(33-35)17-5-6-17/h7-13,15,17H,4-6,14H2,1-3H3. The lowest BCUT2D eigenvalue weighted by Gasteiger charge is -2.14. The maximum atomic E-state index is 12.4. The van der Waals surface area contributed by atoms with E-state index in [4.69, 9.17) is 29.5 Å². The van der Waals surface area contributed by atoms with E-state index in [1.807, 2.05) is 59.4 Å². The smallest absolute Gasteiger partial charge is 0.253 e. The highest BCUT2D eigenvalue weighted by atomic mass is 32.1. The van der Waals surface area contributed by atoms with Crippen LogP contribution in [0.5, 0.6) is 11.5 Å². The Bertz CT molecular complexity index is 1850. The first-order chi connectivity index (χ1) is 20.0. The molecule has 0 bridgehead atoms. The molecule has 12 heteroatoms. The van der Waals surface area contributed by atoms with Gasteiger partial charge in [0.2, 0.25) is 4.96 Å². The van der Waals surface area contributed by atoms with Crippen molar-refractivity contribution in [1.82, 2.24) is 29.5 Å². The first-order valence-corrected chi connectivity index (χ1v) is 15.8. The Morgan fingerprint density at radius 2 is 1.93 bits per heavy atom. The Labute approximate surface area is 248 Å². The van der Waals surface area contributed by atoms with Crippen molar-refractivity contribution < 1.29 is 14.3 Å². The number of methoxy groups -OCH3 is 1. The lowest BCUT2D eigenvalue weighted by molar-refractivity contribution is 0.0802. The molecule has 4 heterocycles. The number of benzene rings is 2. The normalized spacial score (nSPS) is 13.2. The number of thiazole rings is 2. The third kappa shape index (κ3) is 5.07. The molecule has 4 aromatic heterocycles. The average molecular weight is 603 g/mol. The monoisotopic (exact) mass is 602 g/mol. The number of fused-ring (bicyclic) bond motifs is 2. The second-order valence-electron chi connectivity index (χ2n) is 9.89. The fraction of sp³-hybridized carbons (Fsp3) is 0.276. The number of rotatable bonds is 9. The molecule has 0 radical (unpaired) electrons. The molecule has 0 spiro atoms. The maximum absolute atomic E-state index is 12.4. The molecule has 1 aliphatic carbocycles. The van der Waals surface area contributed by atoms with Gasteiger partial charge in [-0.15, -0.1) is 22.7 Å². The molecule has 0 N–H and O–H groups in total. The molecule has 1 amide bonds. The molecule has 7 rings (SSSR count). The van der Waals surface area contributed by atoms with Gasteiger partial charge < -0.3 is 14.4 Å². The van der Waals surface area contributed by atoms with Gasteiger partial charge in [0.1, 0.15) is 38.8 Å². The van der Waals surface area contributed by atoms with Gasteiger partial charge in [0.15, 0.2) is 0 Å². The highest BCUT2D eigenvalue weighted by molar-refractivity contribution is 7.22. The molecular formula is C29H26N6O3S3. The minimum Gasteiger partial charge on any atom is -0.497 e. The summed E-state index contributed by atoms with van der Waals surface area (Å²) in [4.78, 5) is 29.4. The molecule has 1 saturated carbocycles. The summed E-state index contributed by atoms with van der Waals surface area (Å²) in [5.41, 5.74) is 4.05. The van der Waals surface area contributed by atoms with E-state index in [1.165, 1.54) is 17.8 Å². The van der Waals surface area contributed by atoms with Crippen LogP contribution in [0.15, 0.2) is 48.0 Å². The van der Waals surface area contributed by atoms with Gasteiger partial charge in [-0.1, -0.05) is 23.5 Å². The predicted octanol–water partition coefficient (Wildman–Crippen LogP) is 6.75. The van der Waals surface area contributed by atoms with Crippen LogP contribution in [0.3, 0.4) is 0 Å².